The van der Waals surface area contributed by atoms with Gasteiger partial charge in [0.05, 0.1) is 0 Å². The zero-order chi connectivity index (χ0) is 13.8. The molecule has 3 nitrogen and oxygen atoms in total. The third-order valence-corrected chi connectivity index (χ3v) is 3.16. The van der Waals surface area contributed by atoms with Crippen LogP contribution < -0.4 is 11.1 Å². The summed E-state index contributed by atoms with van der Waals surface area (Å²) >= 11 is 0. The van der Waals surface area contributed by atoms with Crippen LogP contribution in [0.15, 0.2) is 42.5 Å². The van der Waals surface area contributed by atoms with Crippen molar-refractivity contribution in [2.24, 2.45) is 5.73 Å². The maximum atomic E-state index is 11.0. The normalized spacial score (nSPS) is 10.2. The van der Waals surface area contributed by atoms with Crippen LogP contribution in [0.2, 0.25) is 0 Å². The first kappa shape index (κ1) is 13.1. The van der Waals surface area contributed by atoms with Gasteiger partial charge in [-0.05, 0) is 49.2 Å². The molecule has 19 heavy (non-hydrogen) atoms. The molecule has 0 aliphatic carbocycles. The molecule has 1 amide bonds. The molecule has 0 aromatic heterocycles. The molecule has 0 unspecified atom stereocenters. The number of anilines is 1. The van der Waals surface area contributed by atoms with Gasteiger partial charge >= 0.3 is 0 Å². The quantitative estimate of drug-likeness (QED) is 0.881. The summed E-state index contributed by atoms with van der Waals surface area (Å²) in [6, 6.07) is 13.6. The zero-order valence-corrected chi connectivity index (χ0v) is 11.2. The summed E-state index contributed by atoms with van der Waals surface area (Å²) in [5.41, 5.74) is 10.5. The van der Waals surface area contributed by atoms with Gasteiger partial charge in [0.15, 0.2) is 0 Å². The smallest absolute Gasteiger partial charge is 0.248 e. The van der Waals surface area contributed by atoms with Crippen molar-refractivity contribution in [1.29, 1.82) is 0 Å². The SMILES string of the molecule is Cc1ccc(C)c(CNc2ccc(C(N)=O)cc2)c1. The standard InChI is InChI=1S/C16H18N2O/c1-11-3-4-12(2)14(9-11)10-18-15-7-5-13(6-8-15)16(17)19/h3-9,18H,10H2,1-2H3,(H2,17,19). The van der Waals surface area contributed by atoms with Crippen LogP contribution in [-0.4, -0.2) is 5.91 Å². The Balaban J connectivity index is 2.06. The number of hydrogen-bond acceptors (Lipinski definition) is 2. The van der Waals surface area contributed by atoms with Gasteiger partial charge < -0.3 is 11.1 Å². The molecule has 0 saturated carbocycles. The monoisotopic (exact) mass is 254 g/mol. The summed E-state index contributed by atoms with van der Waals surface area (Å²) in [4.78, 5) is 11.0. The van der Waals surface area contributed by atoms with Crippen LogP contribution in [0.5, 0.6) is 0 Å². The fraction of sp³-hybridized carbons (Fsp3) is 0.188. The number of aryl methyl sites for hydroxylation is 2. The predicted octanol–water partition coefficient (Wildman–Crippen LogP) is 3.01. The molecule has 0 radical (unpaired) electrons. The summed E-state index contributed by atoms with van der Waals surface area (Å²) in [7, 11) is 0. The van der Waals surface area contributed by atoms with Crippen molar-refractivity contribution in [3.05, 3.63) is 64.7 Å². The number of nitrogens with two attached hydrogens (primary N) is 1. The van der Waals surface area contributed by atoms with Gasteiger partial charge in [0.2, 0.25) is 5.91 Å². The molecule has 98 valence electrons. The van der Waals surface area contributed by atoms with E-state index in [4.69, 9.17) is 5.73 Å². The molecule has 2 aromatic carbocycles. The van der Waals surface area contributed by atoms with E-state index in [0.717, 1.165) is 12.2 Å². The summed E-state index contributed by atoms with van der Waals surface area (Å²) in [6.07, 6.45) is 0. The average molecular weight is 254 g/mol. The minimum absolute atomic E-state index is 0.402. The molecule has 0 saturated heterocycles. The molecule has 3 heteroatoms. The van der Waals surface area contributed by atoms with Crippen LogP contribution in [0.3, 0.4) is 0 Å². The van der Waals surface area contributed by atoms with Gasteiger partial charge in [0.1, 0.15) is 0 Å². The van der Waals surface area contributed by atoms with Crippen LogP contribution in [0.1, 0.15) is 27.0 Å². The lowest BCUT2D eigenvalue weighted by atomic mass is 10.1. The van der Waals surface area contributed by atoms with Gasteiger partial charge in [-0.2, -0.15) is 0 Å². The van der Waals surface area contributed by atoms with Crippen molar-refractivity contribution >= 4 is 11.6 Å². The Labute approximate surface area is 113 Å². The third kappa shape index (κ3) is 3.35. The Morgan fingerprint density at radius 2 is 1.79 bits per heavy atom. The van der Waals surface area contributed by atoms with Crippen molar-refractivity contribution in [3.63, 3.8) is 0 Å². The van der Waals surface area contributed by atoms with Gasteiger partial charge in [-0.25, -0.2) is 0 Å². The second-order valence-corrected chi connectivity index (χ2v) is 4.73. The van der Waals surface area contributed by atoms with Crippen LogP contribution >= 0.6 is 0 Å². The molecule has 2 rings (SSSR count). The first-order chi connectivity index (χ1) is 9.06. The Bertz CT molecular complexity index is 588. The van der Waals surface area contributed by atoms with Crippen LogP contribution in [0, 0.1) is 13.8 Å². The van der Waals surface area contributed by atoms with E-state index >= 15 is 0 Å². The number of benzene rings is 2. The lowest BCUT2D eigenvalue weighted by Gasteiger charge is -2.10. The number of amides is 1. The lowest BCUT2D eigenvalue weighted by molar-refractivity contribution is 0.100. The van der Waals surface area contributed by atoms with Crippen LogP contribution in [-0.2, 0) is 6.54 Å². The highest BCUT2D eigenvalue weighted by molar-refractivity contribution is 5.93. The van der Waals surface area contributed by atoms with E-state index in [0.29, 0.717) is 5.56 Å². The van der Waals surface area contributed by atoms with Crippen molar-refractivity contribution in [2.45, 2.75) is 20.4 Å². The number of primary amides is 1. The van der Waals surface area contributed by atoms with Crippen molar-refractivity contribution in [2.75, 3.05) is 5.32 Å². The Hall–Kier alpha value is -2.29. The highest BCUT2D eigenvalue weighted by atomic mass is 16.1. The van der Waals surface area contributed by atoms with Gasteiger partial charge in [-0.1, -0.05) is 23.8 Å². The largest absolute Gasteiger partial charge is 0.381 e. The van der Waals surface area contributed by atoms with Crippen molar-refractivity contribution in [3.8, 4) is 0 Å². The average Bonchev–Trinajstić information content (AvgIpc) is 2.40. The highest BCUT2D eigenvalue weighted by Crippen LogP contribution is 2.14. The van der Waals surface area contributed by atoms with E-state index in [2.05, 4.69) is 37.4 Å². The molecule has 0 fully saturated rings. The molecule has 0 bridgehead atoms. The number of rotatable bonds is 4. The van der Waals surface area contributed by atoms with Gasteiger partial charge in [0.25, 0.3) is 0 Å². The Morgan fingerprint density at radius 1 is 1.11 bits per heavy atom. The molecular formula is C16H18N2O. The summed E-state index contributed by atoms with van der Waals surface area (Å²) in [5, 5.41) is 3.34. The molecule has 0 spiro atoms. The molecule has 3 N–H and O–H groups in total. The number of hydrogen-bond donors (Lipinski definition) is 2. The van der Waals surface area contributed by atoms with Crippen LogP contribution in [0.4, 0.5) is 5.69 Å². The Kier molecular flexibility index (Phi) is 3.85. The first-order valence-corrected chi connectivity index (χ1v) is 6.26. The minimum Gasteiger partial charge on any atom is -0.381 e. The maximum Gasteiger partial charge on any atom is 0.248 e. The fourth-order valence-corrected chi connectivity index (χ4v) is 1.94. The van der Waals surface area contributed by atoms with Crippen molar-refractivity contribution < 1.29 is 4.79 Å². The zero-order valence-electron chi connectivity index (χ0n) is 11.2. The van der Waals surface area contributed by atoms with E-state index in [9.17, 15) is 4.79 Å². The fourth-order valence-electron chi connectivity index (χ4n) is 1.94. The number of carbonyl (C=O) groups excluding carboxylic acids is 1. The van der Waals surface area contributed by atoms with Gasteiger partial charge in [0, 0.05) is 17.8 Å². The van der Waals surface area contributed by atoms with E-state index < -0.39 is 5.91 Å². The van der Waals surface area contributed by atoms with E-state index in [1.807, 2.05) is 12.1 Å². The second kappa shape index (κ2) is 5.57. The lowest BCUT2D eigenvalue weighted by Crippen LogP contribution is -2.10. The maximum absolute atomic E-state index is 11.0. The van der Waals surface area contributed by atoms with E-state index in [1.165, 1.54) is 16.7 Å². The summed E-state index contributed by atoms with van der Waals surface area (Å²) in [5.74, 6) is -0.402. The summed E-state index contributed by atoms with van der Waals surface area (Å²) in [6.45, 7) is 4.96. The van der Waals surface area contributed by atoms with E-state index in [-0.39, 0.29) is 0 Å². The molecular weight excluding hydrogens is 236 g/mol. The topological polar surface area (TPSA) is 55.1 Å². The van der Waals surface area contributed by atoms with Crippen LogP contribution in [0.25, 0.3) is 0 Å². The molecule has 0 aliphatic heterocycles. The van der Waals surface area contributed by atoms with E-state index in [1.54, 1.807) is 12.1 Å². The van der Waals surface area contributed by atoms with Gasteiger partial charge in [-0.15, -0.1) is 0 Å². The molecule has 0 atom stereocenters. The van der Waals surface area contributed by atoms with Gasteiger partial charge in [-0.3, -0.25) is 4.79 Å². The minimum atomic E-state index is -0.402. The molecule has 0 aliphatic rings. The predicted molar refractivity (Wildman–Crippen MR) is 78.2 cm³/mol. The summed E-state index contributed by atoms with van der Waals surface area (Å²) < 4.78 is 0. The first-order valence-electron chi connectivity index (χ1n) is 6.26. The Morgan fingerprint density at radius 3 is 2.42 bits per heavy atom. The molecule has 0 heterocycles. The third-order valence-electron chi connectivity index (χ3n) is 3.16. The number of nitrogens with one attached hydrogen (secondary N) is 1. The highest BCUT2D eigenvalue weighted by Gasteiger charge is 2.01. The second-order valence-electron chi connectivity index (χ2n) is 4.73. The number of carbonyl (C=O) groups is 1. The molecule has 2 aromatic rings. The van der Waals surface area contributed by atoms with Crippen molar-refractivity contribution in [1.82, 2.24) is 0 Å².